The van der Waals surface area contributed by atoms with Gasteiger partial charge in [0.25, 0.3) is 0 Å². The summed E-state index contributed by atoms with van der Waals surface area (Å²) in [5.41, 5.74) is 0. The highest BCUT2D eigenvalue weighted by Crippen LogP contribution is 2.24. The molecule has 1 rings (SSSR count). The molecule has 0 heterocycles. The molecule has 0 aliphatic rings. The Balaban J connectivity index is 3.06. The maximum Gasteiger partial charge on any atom is 0.351 e. The third kappa shape index (κ3) is 14.4. The van der Waals surface area contributed by atoms with Crippen molar-refractivity contribution in [1.29, 1.82) is 0 Å². The molecule has 0 amide bonds. The summed E-state index contributed by atoms with van der Waals surface area (Å²) >= 11 is 0. The highest BCUT2D eigenvalue weighted by Gasteiger charge is 2.47. The minimum atomic E-state index is -2.82. The molecule has 210 valence electrons. The van der Waals surface area contributed by atoms with Crippen LogP contribution in [0.2, 0.25) is 72.0 Å². The molecule has 0 saturated heterocycles. The summed E-state index contributed by atoms with van der Waals surface area (Å²) in [4.78, 5) is 0. The van der Waals surface area contributed by atoms with Gasteiger partial charge in [0.2, 0.25) is 0 Å². The summed E-state index contributed by atoms with van der Waals surface area (Å²) in [6.45, 7) is 27.7. The van der Waals surface area contributed by atoms with Crippen LogP contribution < -0.4 is 5.19 Å². The smallest absolute Gasteiger partial charge is 0.351 e. The lowest BCUT2D eigenvalue weighted by Gasteiger charge is -2.41. The van der Waals surface area contributed by atoms with Crippen LogP contribution in [0, 0.1) is 0 Å². The molecule has 3 unspecified atom stereocenters. The molecule has 0 bridgehead atoms. The van der Waals surface area contributed by atoms with Crippen molar-refractivity contribution >= 4 is 56.8 Å². The van der Waals surface area contributed by atoms with Gasteiger partial charge in [0.05, 0.1) is 19.4 Å². The Hall–Kier alpha value is 0.241. The quantitative estimate of drug-likeness (QED) is 0.165. The minimum Gasteiger partial charge on any atom is -0.437 e. The molecule has 1 aromatic carbocycles. The van der Waals surface area contributed by atoms with Gasteiger partial charge >= 0.3 is 35.0 Å². The fourth-order valence-electron chi connectivity index (χ4n) is 4.17. The summed E-state index contributed by atoms with van der Waals surface area (Å²) in [6, 6.07) is 10.3. The predicted molar refractivity (Wildman–Crippen MR) is 164 cm³/mol. The lowest BCUT2D eigenvalue weighted by atomic mass is 10.4. The Labute approximate surface area is 228 Å². The van der Waals surface area contributed by atoms with Crippen LogP contribution >= 0.6 is 0 Å². The van der Waals surface area contributed by atoms with Crippen molar-refractivity contribution in [3.8, 4) is 0 Å². The number of hydrogen-bond donors (Lipinski definition) is 0. The highest BCUT2D eigenvalue weighted by molar-refractivity contribution is 6.93. The fraction of sp³-hybridized carbons (Fsp3) is 0.739. The highest BCUT2D eigenvalue weighted by atomic mass is 28.5. The molecule has 13 heteroatoms. The van der Waals surface area contributed by atoms with Crippen molar-refractivity contribution < 1.29 is 30.0 Å². The van der Waals surface area contributed by atoms with Gasteiger partial charge in [0.15, 0.2) is 16.6 Å². The molecule has 7 nitrogen and oxygen atoms in total. The van der Waals surface area contributed by atoms with E-state index in [1.807, 2.05) is 18.2 Å². The first-order chi connectivity index (χ1) is 16.4. The number of hydrogen-bond acceptors (Lipinski definition) is 7. The zero-order valence-electron chi connectivity index (χ0n) is 24.9. The normalized spacial score (nSPS) is 17.4. The van der Waals surface area contributed by atoms with E-state index in [1.54, 1.807) is 0 Å². The topological polar surface area (TPSA) is 64.6 Å². The van der Waals surface area contributed by atoms with Gasteiger partial charge < -0.3 is 30.0 Å². The fourth-order valence-corrected chi connectivity index (χ4v) is 29.6. The minimum absolute atomic E-state index is 0.455. The van der Waals surface area contributed by atoms with Crippen molar-refractivity contribution in [1.82, 2.24) is 0 Å². The van der Waals surface area contributed by atoms with Crippen molar-refractivity contribution in [3.05, 3.63) is 30.3 Å². The average molecular weight is 609 g/mol. The lowest BCUT2D eigenvalue weighted by molar-refractivity contribution is 0.0560. The molecule has 3 atom stereocenters. The van der Waals surface area contributed by atoms with E-state index in [1.165, 1.54) is 0 Å². The molecule has 0 fully saturated rings. The molecule has 0 aliphatic carbocycles. The van der Waals surface area contributed by atoms with Crippen LogP contribution in [-0.2, 0) is 30.0 Å². The van der Waals surface area contributed by atoms with Crippen molar-refractivity contribution in [2.45, 2.75) is 85.4 Å². The van der Waals surface area contributed by atoms with Crippen molar-refractivity contribution in [2.75, 3.05) is 26.1 Å². The first-order valence-electron chi connectivity index (χ1n) is 13.1. The second-order valence-corrected chi connectivity index (χ2v) is 33.6. The van der Waals surface area contributed by atoms with Gasteiger partial charge in [-0.2, -0.15) is 0 Å². The molecule has 0 N–H and O–H groups in total. The van der Waals surface area contributed by atoms with E-state index in [-0.39, 0.29) is 0 Å². The molecular formula is C23H52O7Si6. The Morgan fingerprint density at radius 3 is 1.75 bits per heavy atom. The Kier molecular flexibility index (Phi) is 13.9. The molecule has 0 aliphatic heterocycles. The molecule has 0 aromatic heterocycles. The summed E-state index contributed by atoms with van der Waals surface area (Å²) in [5, 5.41) is 1.09. The zero-order chi connectivity index (χ0) is 27.7. The van der Waals surface area contributed by atoms with Gasteiger partial charge in [-0.15, -0.1) is 0 Å². The van der Waals surface area contributed by atoms with E-state index in [0.29, 0.717) is 19.4 Å². The van der Waals surface area contributed by atoms with Gasteiger partial charge in [-0.3, -0.25) is 0 Å². The van der Waals surface area contributed by atoms with Gasteiger partial charge in [0, 0.05) is 6.61 Å². The lowest BCUT2D eigenvalue weighted by Crippen LogP contribution is -2.63. The van der Waals surface area contributed by atoms with Gasteiger partial charge in [-0.05, 0) is 83.6 Å². The van der Waals surface area contributed by atoms with E-state index in [4.69, 9.17) is 30.0 Å². The number of ether oxygens (including phenoxy) is 2. The molecular weight excluding hydrogens is 557 g/mol. The molecule has 0 spiro atoms. The van der Waals surface area contributed by atoms with Crippen LogP contribution in [0.1, 0.15) is 13.3 Å². The van der Waals surface area contributed by atoms with E-state index in [9.17, 15) is 0 Å². The van der Waals surface area contributed by atoms with Crippen molar-refractivity contribution in [3.63, 3.8) is 0 Å². The van der Waals surface area contributed by atoms with Crippen molar-refractivity contribution in [2.24, 2.45) is 0 Å². The Morgan fingerprint density at radius 2 is 1.22 bits per heavy atom. The van der Waals surface area contributed by atoms with Crippen LogP contribution in [0.15, 0.2) is 30.3 Å². The van der Waals surface area contributed by atoms with E-state index < -0.39 is 51.6 Å². The molecule has 0 saturated carbocycles. The first kappa shape index (κ1) is 34.3. The second kappa shape index (κ2) is 14.6. The molecule has 0 radical (unpaired) electrons. The predicted octanol–water partition coefficient (Wildman–Crippen LogP) is 5.32. The second-order valence-electron chi connectivity index (χ2n) is 11.8. The average Bonchev–Trinajstić information content (AvgIpc) is 2.67. The summed E-state index contributed by atoms with van der Waals surface area (Å²) in [5.74, 6) is 0. The van der Waals surface area contributed by atoms with Gasteiger partial charge in [-0.25, -0.2) is 0 Å². The zero-order valence-corrected chi connectivity index (χ0v) is 31.0. The summed E-state index contributed by atoms with van der Waals surface area (Å²) in [6.07, 6.45) is 1.46. The third-order valence-electron chi connectivity index (χ3n) is 4.70. The Morgan fingerprint density at radius 1 is 0.667 bits per heavy atom. The number of rotatable bonds is 18. The van der Waals surface area contributed by atoms with Crippen LogP contribution in [0.25, 0.3) is 0 Å². The van der Waals surface area contributed by atoms with Gasteiger partial charge in [-0.1, -0.05) is 37.3 Å². The first-order valence-corrected chi connectivity index (χ1v) is 29.6. The number of benzene rings is 1. The van der Waals surface area contributed by atoms with Crippen LogP contribution in [0.5, 0.6) is 0 Å². The third-order valence-corrected chi connectivity index (χ3v) is 25.4. The molecule has 1 aromatic rings. The van der Waals surface area contributed by atoms with E-state index in [0.717, 1.165) is 18.2 Å². The van der Waals surface area contributed by atoms with Gasteiger partial charge in [0.1, 0.15) is 0 Å². The monoisotopic (exact) mass is 608 g/mol. The SMILES string of the molecule is CCCOCCOC[Si](C)(O[SiH](C)O[Si](C)(O[Si](C)(C)O[Si](C)(C)C)c1ccccc1)O[Si](C)(C)C. The van der Waals surface area contributed by atoms with Crippen LogP contribution in [0.4, 0.5) is 0 Å². The maximum absolute atomic E-state index is 6.87. The Bertz CT molecular complexity index is 760. The summed E-state index contributed by atoms with van der Waals surface area (Å²) in [7, 11) is -13.7. The standard InChI is InChI=1S/C23H52O7Si6/c1-13-19-24-20-21-25-22-35(11,29-33(6,7)8)26-31(2)27-36(12,23-17-15-14-16-18-23)30-34(9,10)28-32(3,4)5/h14-18,31H,13,19-22H2,1-12H3. The molecule has 36 heavy (non-hydrogen) atoms. The maximum atomic E-state index is 6.87. The van der Waals surface area contributed by atoms with E-state index >= 15 is 0 Å². The van der Waals surface area contributed by atoms with Crippen LogP contribution in [0.3, 0.4) is 0 Å². The summed E-state index contributed by atoms with van der Waals surface area (Å²) < 4.78 is 45.1. The largest absolute Gasteiger partial charge is 0.437 e. The van der Waals surface area contributed by atoms with E-state index in [2.05, 4.69) is 91.1 Å². The van der Waals surface area contributed by atoms with Crippen LogP contribution in [-0.4, -0.2) is 77.7 Å².